The second kappa shape index (κ2) is 9.88. The second-order valence-electron chi connectivity index (χ2n) is 7.63. The molecule has 9 heteroatoms. The molecule has 1 atom stereocenters. The molecule has 1 unspecified atom stereocenters. The number of benzene rings is 2. The van der Waals surface area contributed by atoms with Crippen molar-refractivity contribution in [3.8, 4) is 5.75 Å². The number of carbonyl (C=O) groups excluding carboxylic acids is 2. The van der Waals surface area contributed by atoms with Crippen molar-refractivity contribution < 1.29 is 14.3 Å². The van der Waals surface area contributed by atoms with Crippen molar-refractivity contribution >= 4 is 44.7 Å². The Hall–Kier alpha value is -3.98. The van der Waals surface area contributed by atoms with E-state index in [1.54, 1.807) is 37.3 Å². The van der Waals surface area contributed by atoms with Gasteiger partial charge in [0.1, 0.15) is 16.6 Å². The molecule has 2 heterocycles. The van der Waals surface area contributed by atoms with Crippen LogP contribution in [-0.2, 0) is 4.79 Å². The van der Waals surface area contributed by atoms with Crippen molar-refractivity contribution in [2.45, 2.75) is 26.3 Å². The highest BCUT2D eigenvalue weighted by molar-refractivity contribution is 7.20. The van der Waals surface area contributed by atoms with Crippen LogP contribution in [0.4, 0.5) is 11.4 Å². The smallest absolute Gasteiger partial charge is 0.266 e. The van der Waals surface area contributed by atoms with Crippen molar-refractivity contribution in [3.63, 3.8) is 0 Å². The zero-order chi connectivity index (χ0) is 24.2. The minimum Gasteiger partial charge on any atom is -0.495 e. The summed E-state index contributed by atoms with van der Waals surface area (Å²) in [6.45, 7) is 3.55. The van der Waals surface area contributed by atoms with E-state index in [0.29, 0.717) is 44.2 Å². The number of carbonyl (C=O) groups is 2. The van der Waals surface area contributed by atoms with E-state index in [2.05, 4.69) is 15.6 Å². The number of aryl methyl sites for hydroxylation is 1. The molecule has 0 aliphatic heterocycles. The number of aromatic nitrogens is 2. The largest absolute Gasteiger partial charge is 0.495 e. The first-order chi connectivity index (χ1) is 16.4. The third-order valence-electron chi connectivity index (χ3n) is 5.50. The molecular formula is C25H24N4O4S. The Balaban J connectivity index is 1.67. The monoisotopic (exact) mass is 476 g/mol. The summed E-state index contributed by atoms with van der Waals surface area (Å²) in [6.07, 6.45) is 1.78. The quantitative estimate of drug-likeness (QED) is 0.405. The van der Waals surface area contributed by atoms with Crippen LogP contribution in [0.1, 0.15) is 34.6 Å². The van der Waals surface area contributed by atoms with Crippen LogP contribution in [0, 0.1) is 6.92 Å². The summed E-state index contributed by atoms with van der Waals surface area (Å²) >= 11 is 1.14. The lowest BCUT2D eigenvalue weighted by molar-refractivity contribution is -0.119. The summed E-state index contributed by atoms with van der Waals surface area (Å²) in [4.78, 5) is 44.6. The highest BCUT2D eigenvalue weighted by atomic mass is 32.1. The van der Waals surface area contributed by atoms with E-state index < -0.39 is 6.04 Å². The van der Waals surface area contributed by atoms with Crippen molar-refractivity contribution in [1.82, 2.24) is 9.55 Å². The first-order valence-corrected chi connectivity index (χ1v) is 11.6. The van der Waals surface area contributed by atoms with Crippen molar-refractivity contribution in [3.05, 3.63) is 81.7 Å². The number of hydrogen-bond donors (Lipinski definition) is 2. The summed E-state index contributed by atoms with van der Waals surface area (Å²) in [5, 5.41) is 6.02. The number of nitrogens with one attached hydrogen (secondary N) is 2. The molecule has 0 spiro atoms. The molecule has 0 radical (unpaired) electrons. The topological polar surface area (TPSA) is 102 Å². The lowest BCUT2D eigenvalue weighted by Crippen LogP contribution is -2.33. The van der Waals surface area contributed by atoms with Gasteiger partial charge in [-0.25, -0.2) is 4.98 Å². The van der Waals surface area contributed by atoms with E-state index in [4.69, 9.17) is 4.74 Å². The van der Waals surface area contributed by atoms with Crippen molar-refractivity contribution in [2.24, 2.45) is 0 Å². The highest BCUT2D eigenvalue weighted by Crippen LogP contribution is 2.30. The number of anilines is 2. The van der Waals surface area contributed by atoms with E-state index in [1.165, 1.54) is 18.0 Å². The van der Waals surface area contributed by atoms with Gasteiger partial charge in [-0.05, 0) is 43.2 Å². The van der Waals surface area contributed by atoms with Crippen LogP contribution in [0.15, 0.2) is 65.7 Å². The van der Waals surface area contributed by atoms with Gasteiger partial charge < -0.3 is 15.4 Å². The number of hydrogen-bond acceptors (Lipinski definition) is 6. The van der Waals surface area contributed by atoms with Crippen molar-refractivity contribution in [2.75, 3.05) is 17.7 Å². The normalized spacial score (nSPS) is 11.7. The number of methoxy groups -OCH3 is 1. The molecule has 0 saturated heterocycles. The summed E-state index contributed by atoms with van der Waals surface area (Å²) in [7, 11) is 1.53. The molecule has 34 heavy (non-hydrogen) atoms. The highest BCUT2D eigenvalue weighted by Gasteiger charge is 2.25. The van der Waals surface area contributed by atoms with E-state index in [0.717, 1.165) is 11.3 Å². The van der Waals surface area contributed by atoms with Crippen LogP contribution in [0.25, 0.3) is 10.2 Å². The van der Waals surface area contributed by atoms with Gasteiger partial charge in [0.25, 0.3) is 11.5 Å². The average Bonchev–Trinajstić information content (AvgIpc) is 3.19. The zero-order valence-electron chi connectivity index (χ0n) is 19.0. The fraction of sp³-hybridized carbons (Fsp3) is 0.200. The molecule has 0 aliphatic rings. The van der Waals surface area contributed by atoms with E-state index in [1.807, 2.05) is 31.2 Å². The summed E-state index contributed by atoms with van der Waals surface area (Å²) < 4.78 is 6.63. The zero-order valence-corrected chi connectivity index (χ0v) is 19.8. The summed E-state index contributed by atoms with van der Waals surface area (Å²) in [6, 6.07) is 15.4. The van der Waals surface area contributed by atoms with E-state index >= 15 is 0 Å². The number of rotatable bonds is 7. The number of nitrogens with zero attached hydrogens (tertiary/aromatic N) is 2. The maximum atomic E-state index is 13.4. The van der Waals surface area contributed by atoms with Gasteiger partial charge in [0, 0.05) is 5.69 Å². The minimum absolute atomic E-state index is 0.307. The fourth-order valence-corrected chi connectivity index (χ4v) is 4.79. The predicted octanol–water partition coefficient (Wildman–Crippen LogP) is 4.62. The fourth-order valence-electron chi connectivity index (χ4n) is 3.76. The average molecular weight is 477 g/mol. The lowest BCUT2D eigenvalue weighted by atomic mass is 10.1. The Morgan fingerprint density at radius 3 is 2.50 bits per heavy atom. The van der Waals surface area contributed by atoms with Crippen molar-refractivity contribution in [1.29, 1.82) is 0 Å². The molecule has 2 aromatic heterocycles. The number of para-hydroxylation sites is 3. The maximum absolute atomic E-state index is 13.4. The van der Waals surface area contributed by atoms with Crippen LogP contribution in [0.2, 0.25) is 0 Å². The van der Waals surface area contributed by atoms with E-state index in [9.17, 15) is 14.4 Å². The Bertz CT molecular complexity index is 1410. The van der Waals surface area contributed by atoms with E-state index in [-0.39, 0.29) is 17.4 Å². The number of thiophene rings is 1. The van der Waals surface area contributed by atoms with Gasteiger partial charge >= 0.3 is 0 Å². The molecule has 4 rings (SSSR count). The second-order valence-corrected chi connectivity index (χ2v) is 8.63. The Morgan fingerprint density at radius 2 is 1.79 bits per heavy atom. The van der Waals surface area contributed by atoms with Gasteiger partial charge in [-0.3, -0.25) is 19.0 Å². The third-order valence-corrected chi connectivity index (χ3v) is 6.70. The van der Waals surface area contributed by atoms with Gasteiger partial charge in [0.2, 0.25) is 5.91 Å². The molecule has 8 nitrogen and oxygen atoms in total. The molecule has 2 aromatic carbocycles. The Kier molecular flexibility index (Phi) is 6.74. The first-order valence-electron chi connectivity index (χ1n) is 10.7. The third kappa shape index (κ3) is 4.42. The van der Waals surface area contributed by atoms with Crippen LogP contribution >= 0.6 is 11.3 Å². The first kappa shape index (κ1) is 23.2. The van der Waals surface area contributed by atoms with Crippen LogP contribution < -0.4 is 20.9 Å². The van der Waals surface area contributed by atoms with Gasteiger partial charge in [-0.2, -0.15) is 0 Å². The number of amides is 2. The van der Waals surface area contributed by atoms with Crippen LogP contribution in [0.5, 0.6) is 5.75 Å². The maximum Gasteiger partial charge on any atom is 0.266 e. The van der Waals surface area contributed by atoms with Gasteiger partial charge in [-0.15, -0.1) is 11.3 Å². The molecule has 2 N–H and O–H groups in total. The molecule has 0 aliphatic carbocycles. The van der Waals surface area contributed by atoms with Gasteiger partial charge in [0.05, 0.1) is 29.4 Å². The Labute approximate surface area is 200 Å². The standard InChI is InChI=1S/C25H24N4O4S/c1-4-18(22(30)27-16-10-6-5-7-11-16)29-14-26-24-20(25(29)32)15(2)21(34-24)23(31)28-17-12-8-9-13-19(17)33-3/h5-14,18H,4H2,1-3H3,(H,27,30)(H,28,31). The number of ether oxygens (including phenoxy) is 1. The summed E-state index contributed by atoms with van der Waals surface area (Å²) in [5.41, 5.74) is 1.35. The summed E-state index contributed by atoms with van der Waals surface area (Å²) in [5.74, 6) is -0.130. The molecular weight excluding hydrogens is 452 g/mol. The molecule has 0 saturated carbocycles. The Morgan fingerprint density at radius 1 is 1.09 bits per heavy atom. The van der Waals surface area contributed by atoms with Gasteiger partial charge in [-0.1, -0.05) is 37.3 Å². The molecule has 2 amide bonds. The van der Waals surface area contributed by atoms with Gasteiger partial charge in [0.15, 0.2) is 0 Å². The van der Waals surface area contributed by atoms with Crippen LogP contribution in [-0.4, -0.2) is 28.5 Å². The number of fused-ring (bicyclic) bond motifs is 1. The molecule has 0 bridgehead atoms. The molecule has 4 aromatic rings. The lowest BCUT2D eigenvalue weighted by Gasteiger charge is -2.17. The minimum atomic E-state index is -0.741. The van der Waals surface area contributed by atoms with Crippen LogP contribution in [0.3, 0.4) is 0 Å². The molecule has 0 fully saturated rings. The SMILES string of the molecule is CCC(C(=O)Nc1ccccc1)n1cnc2sc(C(=O)Nc3ccccc3OC)c(C)c2c1=O. The molecule has 174 valence electrons. The predicted molar refractivity (Wildman–Crippen MR) is 134 cm³/mol.